The van der Waals surface area contributed by atoms with E-state index >= 15 is 0 Å². The molecule has 1 aliphatic rings. The van der Waals surface area contributed by atoms with Crippen LogP contribution in [0.4, 0.5) is 0 Å². The van der Waals surface area contributed by atoms with E-state index in [1.165, 1.54) is 11.4 Å². The normalized spacial score (nSPS) is 17.7. The van der Waals surface area contributed by atoms with Gasteiger partial charge in [-0.05, 0) is 37.1 Å². The molecule has 0 amide bonds. The first-order chi connectivity index (χ1) is 12.9. The van der Waals surface area contributed by atoms with Crippen molar-refractivity contribution in [1.29, 1.82) is 0 Å². The molecule has 1 saturated heterocycles. The van der Waals surface area contributed by atoms with Crippen LogP contribution in [0.3, 0.4) is 0 Å². The molecule has 0 aliphatic carbocycles. The minimum Gasteiger partial charge on any atom is -0.497 e. The molecule has 1 unspecified atom stereocenters. The van der Waals surface area contributed by atoms with E-state index in [9.17, 15) is 8.42 Å². The minimum absolute atomic E-state index is 0.152. The SMILES string of the molecule is COc1ccc(C2CCCN2S(=O)(=O)c2cc(Br)ccc2OC)c(OC)c1. The highest BCUT2D eigenvalue weighted by molar-refractivity contribution is 9.10. The second-order valence-electron chi connectivity index (χ2n) is 6.18. The van der Waals surface area contributed by atoms with Crippen molar-refractivity contribution < 1.29 is 22.6 Å². The number of methoxy groups -OCH3 is 3. The van der Waals surface area contributed by atoms with Gasteiger partial charge in [-0.15, -0.1) is 0 Å². The zero-order valence-corrected chi connectivity index (χ0v) is 17.8. The molecule has 2 aromatic carbocycles. The molecule has 1 heterocycles. The van der Waals surface area contributed by atoms with Crippen LogP contribution in [0.5, 0.6) is 17.2 Å². The molecule has 27 heavy (non-hydrogen) atoms. The number of hydrogen-bond donors (Lipinski definition) is 0. The molecule has 0 radical (unpaired) electrons. The monoisotopic (exact) mass is 455 g/mol. The van der Waals surface area contributed by atoms with Crippen molar-refractivity contribution in [2.24, 2.45) is 0 Å². The van der Waals surface area contributed by atoms with Gasteiger partial charge in [0, 0.05) is 22.6 Å². The molecule has 8 heteroatoms. The Morgan fingerprint density at radius 3 is 2.41 bits per heavy atom. The van der Waals surface area contributed by atoms with Crippen LogP contribution in [-0.2, 0) is 10.0 Å². The van der Waals surface area contributed by atoms with Crippen molar-refractivity contribution in [3.8, 4) is 17.2 Å². The van der Waals surface area contributed by atoms with Crippen molar-refractivity contribution >= 4 is 26.0 Å². The molecule has 0 saturated carbocycles. The first-order valence-corrected chi connectivity index (χ1v) is 10.7. The maximum atomic E-state index is 13.4. The average Bonchev–Trinajstić information content (AvgIpc) is 3.17. The quantitative estimate of drug-likeness (QED) is 0.658. The molecule has 146 valence electrons. The van der Waals surface area contributed by atoms with Gasteiger partial charge in [0.1, 0.15) is 22.1 Å². The first kappa shape index (κ1) is 20.0. The maximum Gasteiger partial charge on any atom is 0.247 e. The van der Waals surface area contributed by atoms with Crippen LogP contribution in [0.25, 0.3) is 0 Å². The minimum atomic E-state index is -3.75. The largest absolute Gasteiger partial charge is 0.497 e. The number of hydrogen-bond acceptors (Lipinski definition) is 5. The zero-order chi connectivity index (χ0) is 19.6. The summed E-state index contributed by atoms with van der Waals surface area (Å²) < 4.78 is 45.1. The van der Waals surface area contributed by atoms with Crippen molar-refractivity contribution in [1.82, 2.24) is 4.31 Å². The summed E-state index contributed by atoms with van der Waals surface area (Å²) in [6, 6.07) is 10.1. The van der Waals surface area contributed by atoms with Crippen LogP contribution in [0.15, 0.2) is 45.8 Å². The third-order valence-corrected chi connectivity index (χ3v) is 7.14. The van der Waals surface area contributed by atoms with Crippen LogP contribution in [0.1, 0.15) is 24.4 Å². The topological polar surface area (TPSA) is 65.1 Å². The first-order valence-electron chi connectivity index (χ1n) is 8.49. The maximum absolute atomic E-state index is 13.4. The Hall–Kier alpha value is -1.77. The van der Waals surface area contributed by atoms with E-state index in [2.05, 4.69) is 15.9 Å². The van der Waals surface area contributed by atoms with Gasteiger partial charge in [0.25, 0.3) is 0 Å². The molecular formula is C19H22BrNO5S. The predicted molar refractivity (Wildman–Crippen MR) is 106 cm³/mol. The molecule has 0 aromatic heterocycles. The van der Waals surface area contributed by atoms with E-state index in [-0.39, 0.29) is 10.9 Å². The van der Waals surface area contributed by atoms with Crippen molar-refractivity contribution in [2.45, 2.75) is 23.8 Å². The number of ether oxygens (including phenoxy) is 3. The Morgan fingerprint density at radius 2 is 1.74 bits per heavy atom. The van der Waals surface area contributed by atoms with Crippen molar-refractivity contribution in [3.63, 3.8) is 0 Å². The van der Waals surface area contributed by atoms with Crippen LogP contribution < -0.4 is 14.2 Å². The van der Waals surface area contributed by atoms with Crippen LogP contribution in [-0.4, -0.2) is 40.6 Å². The third-order valence-electron chi connectivity index (χ3n) is 4.72. The highest BCUT2D eigenvalue weighted by atomic mass is 79.9. The summed E-state index contributed by atoms with van der Waals surface area (Å²) in [4.78, 5) is 0.152. The van der Waals surface area contributed by atoms with Crippen LogP contribution in [0.2, 0.25) is 0 Å². The van der Waals surface area contributed by atoms with Gasteiger partial charge in [0.15, 0.2) is 0 Å². The summed E-state index contributed by atoms with van der Waals surface area (Å²) in [5.41, 5.74) is 0.827. The van der Waals surface area contributed by atoms with Gasteiger partial charge in [-0.2, -0.15) is 4.31 Å². The molecule has 6 nitrogen and oxygen atoms in total. The van der Waals surface area contributed by atoms with Gasteiger partial charge < -0.3 is 14.2 Å². The van der Waals surface area contributed by atoms with Crippen LogP contribution in [0, 0.1) is 0 Å². The van der Waals surface area contributed by atoms with Gasteiger partial charge in [-0.3, -0.25) is 0 Å². The van der Waals surface area contributed by atoms with Crippen molar-refractivity contribution in [2.75, 3.05) is 27.9 Å². The Kier molecular flexibility index (Phi) is 5.98. The Labute approximate surface area is 168 Å². The fourth-order valence-electron chi connectivity index (χ4n) is 3.41. The lowest BCUT2D eigenvalue weighted by atomic mass is 10.0. The fraction of sp³-hybridized carbons (Fsp3) is 0.368. The Bertz CT molecular complexity index is 932. The molecule has 3 rings (SSSR count). The van der Waals surface area contributed by atoms with E-state index in [4.69, 9.17) is 14.2 Å². The average molecular weight is 456 g/mol. The van der Waals surface area contributed by atoms with E-state index in [0.29, 0.717) is 28.3 Å². The molecule has 0 spiro atoms. The van der Waals surface area contributed by atoms with Gasteiger partial charge in [-0.25, -0.2) is 8.42 Å². The zero-order valence-electron chi connectivity index (χ0n) is 15.4. The van der Waals surface area contributed by atoms with Crippen LogP contribution >= 0.6 is 15.9 Å². The second-order valence-corrected chi connectivity index (χ2v) is 8.95. The predicted octanol–water partition coefficient (Wildman–Crippen LogP) is 4.00. The van der Waals surface area contributed by atoms with E-state index in [1.807, 2.05) is 12.1 Å². The van der Waals surface area contributed by atoms with Crippen molar-refractivity contribution in [3.05, 3.63) is 46.4 Å². The molecular weight excluding hydrogens is 434 g/mol. The molecule has 0 N–H and O–H groups in total. The summed E-state index contributed by atoms with van der Waals surface area (Å²) in [5.74, 6) is 1.60. The summed E-state index contributed by atoms with van der Waals surface area (Å²) in [6.07, 6.45) is 1.49. The number of halogens is 1. The molecule has 2 aromatic rings. The fourth-order valence-corrected chi connectivity index (χ4v) is 5.78. The van der Waals surface area contributed by atoms with Gasteiger partial charge in [-0.1, -0.05) is 22.0 Å². The summed E-state index contributed by atoms with van der Waals surface area (Å²) in [5, 5.41) is 0. The van der Waals surface area contributed by atoms with E-state index < -0.39 is 10.0 Å². The van der Waals surface area contributed by atoms with E-state index in [1.54, 1.807) is 38.5 Å². The molecule has 1 atom stereocenters. The molecule has 1 fully saturated rings. The number of nitrogens with zero attached hydrogens (tertiary/aromatic N) is 1. The van der Waals surface area contributed by atoms with Gasteiger partial charge >= 0.3 is 0 Å². The standard InChI is InChI=1S/C19H22BrNO5S/c1-24-14-7-8-15(18(12-14)26-3)16-5-4-10-21(16)27(22,23)19-11-13(20)6-9-17(19)25-2/h6-9,11-12,16H,4-5,10H2,1-3H3. The van der Waals surface area contributed by atoms with Gasteiger partial charge in [0.2, 0.25) is 10.0 Å². The lowest BCUT2D eigenvalue weighted by Gasteiger charge is -2.26. The molecule has 0 bridgehead atoms. The van der Waals surface area contributed by atoms with Gasteiger partial charge in [0.05, 0.1) is 27.4 Å². The lowest BCUT2D eigenvalue weighted by Crippen LogP contribution is -2.31. The highest BCUT2D eigenvalue weighted by Crippen LogP contribution is 2.43. The number of rotatable bonds is 6. The van der Waals surface area contributed by atoms with E-state index in [0.717, 1.165) is 18.4 Å². The Morgan fingerprint density at radius 1 is 1.00 bits per heavy atom. The summed E-state index contributed by atoms with van der Waals surface area (Å²) in [7, 11) is 0.875. The summed E-state index contributed by atoms with van der Waals surface area (Å²) >= 11 is 3.35. The Balaban J connectivity index is 2.05. The summed E-state index contributed by atoms with van der Waals surface area (Å²) in [6.45, 7) is 0.442. The molecule has 1 aliphatic heterocycles. The smallest absolute Gasteiger partial charge is 0.247 e. The number of sulfonamides is 1. The highest BCUT2D eigenvalue weighted by Gasteiger charge is 2.39. The second kappa shape index (κ2) is 8.08. The third kappa shape index (κ3) is 3.79. The lowest BCUT2D eigenvalue weighted by molar-refractivity contribution is 0.358. The number of benzene rings is 2.